The van der Waals surface area contributed by atoms with E-state index < -0.39 is 17.9 Å². The maximum Gasteiger partial charge on any atom is 0.328 e. The lowest BCUT2D eigenvalue weighted by atomic mass is 10.0. The Kier molecular flexibility index (Phi) is 5.66. The fraction of sp³-hybridized carbons (Fsp3) is 0.190. The van der Waals surface area contributed by atoms with E-state index in [0.29, 0.717) is 5.52 Å². The molecule has 0 radical (unpaired) electrons. The second kappa shape index (κ2) is 8.31. The van der Waals surface area contributed by atoms with Crippen LogP contribution in [0.25, 0.3) is 10.9 Å². The van der Waals surface area contributed by atoms with Gasteiger partial charge >= 0.3 is 5.97 Å². The second-order valence-electron chi connectivity index (χ2n) is 6.00. The van der Waals surface area contributed by atoms with E-state index in [0.717, 1.165) is 10.9 Å². The van der Waals surface area contributed by atoms with Crippen LogP contribution in [0.5, 0.6) is 5.75 Å². The second-order valence-corrected chi connectivity index (χ2v) is 6.00. The van der Waals surface area contributed by atoms with E-state index in [2.05, 4.69) is 10.3 Å². The zero-order chi connectivity index (χ0) is 19.2. The number of phenolic OH excluding ortho intramolecular Hbond substituents is 1. The lowest BCUT2D eigenvalue weighted by molar-refractivity contribution is -0.145. The van der Waals surface area contributed by atoms with Gasteiger partial charge in [0.1, 0.15) is 11.6 Å². The summed E-state index contributed by atoms with van der Waals surface area (Å²) in [7, 11) is 0. The zero-order valence-corrected chi connectivity index (χ0v) is 14.9. The lowest BCUT2D eigenvalue weighted by Crippen LogP contribution is -2.43. The molecule has 0 fully saturated rings. The molecule has 0 aliphatic carbocycles. The standard InChI is InChI=1S/C21H20N2O4/c1-2-27-21(26)17(13-14-7-4-3-5-8-14)23-20(25)16-11-10-15-9-6-12-22-18(15)19(16)24/h3-12,17,24H,2,13H2,1H3,(H,23,25). The molecule has 0 aliphatic rings. The van der Waals surface area contributed by atoms with Gasteiger partial charge in [-0.2, -0.15) is 0 Å². The number of carbonyl (C=O) groups is 2. The quantitative estimate of drug-likeness (QED) is 0.657. The fourth-order valence-corrected chi connectivity index (χ4v) is 2.83. The highest BCUT2D eigenvalue weighted by atomic mass is 16.5. The number of hydrogen-bond donors (Lipinski definition) is 2. The van der Waals surface area contributed by atoms with Gasteiger partial charge in [0.2, 0.25) is 0 Å². The van der Waals surface area contributed by atoms with Crippen molar-refractivity contribution < 1.29 is 19.4 Å². The summed E-state index contributed by atoms with van der Waals surface area (Å²) in [4.78, 5) is 29.1. The topological polar surface area (TPSA) is 88.5 Å². The van der Waals surface area contributed by atoms with Crippen molar-refractivity contribution in [3.8, 4) is 5.75 Å². The van der Waals surface area contributed by atoms with E-state index in [9.17, 15) is 14.7 Å². The number of aromatic hydroxyl groups is 1. The van der Waals surface area contributed by atoms with E-state index in [1.165, 1.54) is 6.07 Å². The summed E-state index contributed by atoms with van der Waals surface area (Å²) in [5, 5.41) is 13.8. The number of nitrogens with one attached hydrogen (secondary N) is 1. The van der Waals surface area contributed by atoms with Crippen LogP contribution >= 0.6 is 0 Å². The predicted octanol–water partition coefficient (Wildman–Crippen LogP) is 2.84. The number of carbonyl (C=O) groups excluding carboxylic acids is 2. The van der Waals surface area contributed by atoms with Gasteiger partial charge < -0.3 is 15.2 Å². The normalized spacial score (nSPS) is 11.7. The summed E-state index contributed by atoms with van der Waals surface area (Å²) in [5.74, 6) is -1.30. The third-order valence-electron chi connectivity index (χ3n) is 4.15. The number of pyridine rings is 1. The van der Waals surface area contributed by atoms with Gasteiger partial charge in [-0.15, -0.1) is 0 Å². The summed E-state index contributed by atoms with van der Waals surface area (Å²) < 4.78 is 5.08. The van der Waals surface area contributed by atoms with Gasteiger partial charge in [-0.1, -0.05) is 42.5 Å². The van der Waals surface area contributed by atoms with Crippen LogP contribution in [-0.2, 0) is 16.0 Å². The lowest BCUT2D eigenvalue weighted by Gasteiger charge is -2.18. The molecule has 0 saturated heterocycles. The van der Waals surface area contributed by atoms with E-state index in [1.807, 2.05) is 30.3 Å². The molecule has 3 aromatic rings. The summed E-state index contributed by atoms with van der Waals surface area (Å²) in [6, 6.07) is 15.2. The molecule has 27 heavy (non-hydrogen) atoms. The predicted molar refractivity (Wildman–Crippen MR) is 101 cm³/mol. The van der Waals surface area contributed by atoms with Crippen LogP contribution in [-0.4, -0.2) is 34.6 Å². The average Bonchev–Trinajstić information content (AvgIpc) is 2.69. The van der Waals surface area contributed by atoms with Crippen LogP contribution in [0.15, 0.2) is 60.8 Å². The molecule has 138 valence electrons. The monoisotopic (exact) mass is 364 g/mol. The smallest absolute Gasteiger partial charge is 0.328 e. The maximum atomic E-state index is 12.7. The number of nitrogens with zero attached hydrogens (tertiary/aromatic N) is 1. The number of esters is 1. The highest BCUT2D eigenvalue weighted by Crippen LogP contribution is 2.26. The van der Waals surface area contributed by atoms with Crippen molar-refractivity contribution in [3.05, 3.63) is 71.9 Å². The first kappa shape index (κ1) is 18.4. The molecule has 0 aliphatic heterocycles. The minimum absolute atomic E-state index is 0.0589. The zero-order valence-electron chi connectivity index (χ0n) is 14.9. The number of aromatic nitrogens is 1. The first-order valence-electron chi connectivity index (χ1n) is 8.68. The number of rotatable bonds is 6. The Hall–Kier alpha value is -3.41. The minimum atomic E-state index is -0.862. The number of phenols is 1. The van der Waals surface area contributed by atoms with Crippen molar-refractivity contribution in [1.82, 2.24) is 10.3 Å². The van der Waals surface area contributed by atoms with E-state index >= 15 is 0 Å². The van der Waals surface area contributed by atoms with Crippen LogP contribution in [0.4, 0.5) is 0 Å². The first-order valence-corrected chi connectivity index (χ1v) is 8.68. The molecule has 3 rings (SSSR count). The van der Waals surface area contributed by atoms with E-state index in [4.69, 9.17) is 4.74 Å². The number of hydrogen-bond acceptors (Lipinski definition) is 5. The molecule has 2 N–H and O–H groups in total. The Morgan fingerprint density at radius 1 is 1.11 bits per heavy atom. The summed E-state index contributed by atoms with van der Waals surface area (Å²) in [5.41, 5.74) is 1.28. The van der Waals surface area contributed by atoms with Gasteiger partial charge in [0.25, 0.3) is 5.91 Å². The maximum absolute atomic E-state index is 12.7. The van der Waals surface area contributed by atoms with Crippen LogP contribution in [0.3, 0.4) is 0 Å². The highest BCUT2D eigenvalue weighted by Gasteiger charge is 2.25. The third kappa shape index (κ3) is 4.23. The summed E-state index contributed by atoms with van der Waals surface area (Å²) in [6.45, 7) is 1.92. The molecule has 0 spiro atoms. The molecule has 0 bridgehead atoms. The SMILES string of the molecule is CCOC(=O)C(Cc1ccccc1)NC(=O)c1ccc2cccnc2c1O. The van der Waals surface area contributed by atoms with Crippen molar-refractivity contribution in [3.63, 3.8) is 0 Å². The van der Waals surface area contributed by atoms with Crippen molar-refractivity contribution in [2.45, 2.75) is 19.4 Å². The van der Waals surface area contributed by atoms with Crippen LogP contribution in [0.1, 0.15) is 22.8 Å². The largest absolute Gasteiger partial charge is 0.505 e. The Labute approximate surface area is 156 Å². The van der Waals surface area contributed by atoms with E-state index in [-0.39, 0.29) is 24.3 Å². The molecule has 1 atom stereocenters. The van der Waals surface area contributed by atoms with Gasteiger partial charge in [0.15, 0.2) is 5.75 Å². The Morgan fingerprint density at radius 3 is 2.63 bits per heavy atom. The first-order chi connectivity index (χ1) is 13.1. The van der Waals surface area contributed by atoms with Crippen molar-refractivity contribution in [1.29, 1.82) is 0 Å². The van der Waals surface area contributed by atoms with Crippen LogP contribution in [0, 0.1) is 0 Å². The Morgan fingerprint density at radius 2 is 1.89 bits per heavy atom. The molecule has 1 aromatic heterocycles. The minimum Gasteiger partial charge on any atom is -0.505 e. The van der Waals surface area contributed by atoms with Crippen molar-refractivity contribution >= 4 is 22.8 Å². The average molecular weight is 364 g/mol. The fourth-order valence-electron chi connectivity index (χ4n) is 2.83. The van der Waals surface area contributed by atoms with Crippen molar-refractivity contribution in [2.75, 3.05) is 6.61 Å². The highest BCUT2D eigenvalue weighted by molar-refractivity contribution is 6.03. The number of fused-ring (bicyclic) bond motifs is 1. The van der Waals surface area contributed by atoms with Gasteiger partial charge in [-0.25, -0.2) is 4.79 Å². The van der Waals surface area contributed by atoms with Gasteiger partial charge in [-0.05, 0) is 24.6 Å². The van der Waals surface area contributed by atoms with Crippen LogP contribution < -0.4 is 5.32 Å². The van der Waals surface area contributed by atoms with Gasteiger partial charge in [0, 0.05) is 18.0 Å². The number of ether oxygens (including phenoxy) is 1. The van der Waals surface area contributed by atoms with Crippen LogP contribution in [0.2, 0.25) is 0 Å². The third-order valence-corrected chi connectivity index (χ3v) is 4.15. The Bertz CT molecular complexity index is 957. The molecule has 6 heteroatoms. The molecule has 1 heterocycles. The number of benzene rings is 2. The van der Waals surface area contributed by atoms with Gasteiger partial charge in [0.05, 0.1) is 12.2 Å². The molecule has 1 unspecified atom stereocenters. The molecule has 2 aromatic carbocycles. The molecule has 1 amide bonds. The molecular weight excluding hydrogens is 344 g/mol. The molecule has 6 nitrogen and oxygen atoms in total. The molecule has 0 saturated carbocycles. The molecular formula is C21H20N2O4. The number of amides is 1. The van der Waals surface area contributed by atoms with Crippen molar-refractivity contribution in [2.24, 2.45) is 0 Å². The summed E-state index contributed by atoms with van der Waals surface area (Å²) in [6.07, 6.45) is 1.83. The van der Waals surface area contributed by atoms with Gasteiger partial charge in [-0.3, -0.25) is 9.78 Å². The van der Waals surface area contributed by atoms with E-state index in [1.54, 1.807) is 31.3 Å². The summed E-state index contributed by atoms with van der Waals surface area (Å²) >= 11 is 0. The Balaban J connectivity index is 1.85.